The molecule has 22 heavy (non-hydrogen) atoms. The number of benzene rings is 1. The predicted octanol–water partition coefficient (Wildman–Crippen LogP) is 2.69. The monoisotopic (exact) mass is 327 g/mol. The van der Waals surface area contributed by atoms with Crippen LogP contribution in [0.2, 0.25) is 0 Å². The minimum Gasteiger partial charge on any atom is -0.350 e. The number of hydrogen-bond donors (Lipinski definition) is 2. The van der Waals surface area contributed by atoms with Gasteiger partial charge in [-0.15, -0.1) is 12.4 Å². The molecule has 1 aromatic carbocycles. The summed E-state index contributed by atoms with van der Waals surface area (Å²) in [7, 11) is 2.10. The van der Waals surface area contributed by atoms with Gasteiger partial charge in [0.1, 0.15) is 0 Å². The van der Waals surface area contributed by atoms with Crippen molar-refractivity contribution in [2.24, 2.45) is 5.73 Å². The molecule has 1 amide bonds. The number of halogens is 1. The van der Waals surface area contributed by atoms with Crippen LogP contribution < -0.4 is 11.1 Å². The molecule has 0 heterocycles. The van der Waals surface area contributed by atoms with Crippen molar-refractivity contribution >= 4 is 18.3 Å². The fourth-order valence-corrected chi connectivity index (χ4v) is 2.28. The van der Waals surface area contributed by atoms with E-state index in [2.05, 4.69) is 36.3 Å². The van der Waals surface area contributed by atoms with Crippen LogP contribution in [-0.2, 0) is 17.9 Å². The first kappa shape index (κ1) is 20.9. The summed E-state index contributed by atoms with van der Waals surface area (Å²) in [6, 6.07) is 8.32. The van der Waals surface area contributed by atoms with Crippen molar-refractivity contribution < 1.29 is 4.79 Å². The minimum atomic E-state index is -0.783. The van der Waals surface area contributed by atoms with Crippen molar-refractivity contribution in [2.45, 2.75) is 52.2 Å². The fraction of sp³-hybridized carbons (Fsp3) is 0.588. The van der Waals surface area contributed by atoms with E-state index in [1.165, 1.54) is 5.56 Å². The zero-order valence-corrected chi connectivity index (χ0v) is 15.0. The van der Waals surface area contributed by atoms with Gasteiger partial charge in [-0.1, -0.05) is 44.5 Å². The predicted molar refractivity (Wildman–Crippen MR) is 95.0 cm³/mol. The van der Waals surface area contributed by atoms with Crippen molar-refractivity contribution in [2.75, 3.05) is 13.6 Å². The summed E-state index contributed by atoms with van der Waals surface area (Å²) >= 11 is 0. The van der Waals surface area contributed by atoms with E-state index in [0.717, 1.165) is 25.1 Å². The van der Waals surface area contributed by atoms with E-state index in [9.17, 15) is 4.79 Å². The van der Waals surface area contributed by atoms with E-state index in [-0.39, 0.29) is 18.3 Å². The molecule has 1 unspecified atom stereocenters. The summed E-state index contributed by atoms with van der Waals surface area (Å²) in [5.41, 5.74) is 7.62. The standard InChI is InChI=1S/C17H29N3O.ClH/c1-5-10-17(3,18)16(21)19-12-14-8-7-9-15(11-14)13-20(4)6-2;/h7-9,11H,5-6,10,12-13,18H2,1-4H3,(H,19,21);1H. The highest BCUT2D eigenvalue weighted by molar-refractivity contribution is 5.85. The van der Waals surface area contributed by atoms with Gasteiger partial charge in [0.2, 0.25) is 5.91 Å². The normalized spacial score (nSPS) is 13.4. The molecule has 0 saturated heterocycles. The molecule has 5 heteroatoms. The third-order valence-electron chi connectivity index (χ3n) is 3.72. The van der Waals surface area contributed by atoms with Crippen molar-refractivity contribution in [3.05, 3.63) is 35.4 Å². The van der Waals surface area contributed by atoms with Crippen LogP contribution >= 0.6 is 12.4 Å². The number of rotatable bonds is 8. The smallest absolute Gasteiger partial charge is 0.240 e. The lowest BCUT2D eigenvalue weighted by atomic mass is 9.96. The molecule has 0 bridgehead atoms. The Morgan fingerprint density at radius 1 is 1.32 bits per heavy atom. The van der Waals surface area contributed by atoms with Crippen LogP contribution in [0.4, 0.5) is 0 Å². The molecule has 1 aromatic rings. The molecule has 0 radical (unpaired) electrons. The maximum absolute atomic E-state index is 12.1. The molecule has 1 rings (SSSR count). The Kier molecular flexibility index (Phi) is 9.33. The quantitative estimate of drug-likeness (QED) is 0.771. The van der Waals surface area contributed by atoms with E-state index in [4.69, 9.17) is 5.73 Å². The van der Waals surface area contributed by atoms with Gasteiger partial charge < -0.3 is 16.0 Å². The van der Waals surface area contributed by atoms with Gasteiger partial charge in [-0.05, 0) is 38.1 Å². The van der Waals surface area contributed by atoms with Crippen molar-refractivity contribution in [3.63, 3.8) is 0 Å². The Morgan fingerprint density at radius 3 is 2.55 bits per heavy atom. The zero-order valence-electron chi connectivity index (χ0n) is 14.2. The molecule has 0 aliphatic rings. The molecule has 0 saturated carbocycles. The van der Waals surface area contributed by atoms with Gasteiger partial charge in [0, 0.05) is 13.1 Å². The Labute approximate surface area is 140 Å². The molecule has 126 valence electrons. The SMILES string of the molecule is CCCC(C)(N)C(=O)NCc1cccc(CN(C)CC)c1.Cl. The summed E-state index contributed by atoms with van der Waals surface area (Å²) in [4.78, 5) is 14.3. The molecule has 0 aromatic heterocycles. The summed E-state index contributed by atoms with van der Waals surface area (Å²) in [5.74, 6) is -0.0829. The maximum atomic E-state index is 12.1. The molecular formula is C17H30ClN3O. The van der Waals surface area contributed by atoms with Crippen LogP contribution in [0, 0.1) is 0 Å². The number of carbonyl (C=O) groups excluding carboxylic acids is 1. The van der Waals surface area contributed by atoms with E-state index in [1.54, 1.807) is 6.92 Å². The van der Waals surface area contributed by atoms with Gasteiger partial charge in [-0.25, -0.2) is 0 Å². The van der Waals surface area contributed by atoms with Crippen LogP contribution in [-0.4, -0.2) is 29.9 Å². The molecule has 0 spiro atoms. The highest BCUT2D eigenvalue weighted by atomic mass is 35.5. The highest BCUT2D eigenvalue weighted by Crippen LogP contribution is 2.10. The number of nitrogens with zero attached hydrogens (tertiary/aromatic N) is 1. The number of carbonyl (C=O) groups is 1. The summed E-state index contributed by atoms with van der Waals surface area (Å²) in [6.45, 7) is 8.43. The molecule has 0 aliphatic heterocycles. The summed E-state index contributed by atoms with van der Waals surface area (Å²) < 4.78 is 0. The number of hydrogen-bond acceptors (Lipinski definition) is 3. The van der Waals surface area contributed by atoms with E-state index in [0.29, 0.717) is 13.0 Å². The number of nitrogens with one attached hydrogen (secondary N) is 1. The first-order valence-corrected chi connectivity index (χ1v) is 7.72. The second kappa shape index (κ2) is 9.82. The van der Waals surface area contributed by atoms with Gasteiger partial charge >= 0.3 is 0 Å². The molecule has 4 nitrogen and oxygen atoms in total. The van der Waals surface area contributed by atoms with Crippen LogP contribution in [0.1, 0.15) is 44.7 Å². The lowest BCUT2D eigenvalue weighted by Gasteiger charge is -2.23. The molecule has 0 fully saturated rings. The van der Waals surface area contributed by atoms with Gasteiger partial charge in [0.05, 0.1) is 5.54 Å². The average Bonchev–Trinajstić information content (AvgIpc) is 2.44. The van der Waals surface area contributed by atoms with Gasteiger partial charge in [-0.3, -0.25) is 4.79 Å². The molecule has 1 atom stereocenters. The Morgan fingerprint density at radius 2 is 1.95 bits per heavy atom. The lowest BCUT2D eigenvalue weighted by Crippen LogP contribution is -2.51. The van der Waals surface area contributed by atoms with E-state index >= 15 is 0 Å². The van der Waals surface area contributed by atoms with Crippen LogP contribution in [0.15, 0.2) is 24.3 Å². The van der Waals surface area contributed by atoms with Gasteiger partial charge in [-0.2, -0.15) is 0 Å². The molecule has 0 aliphatic carbocycles. The third-order valence-corrected chi connectivity index (χ3v) is 3.72. The summed E-state index contributed by atoms with van der Waals surface area (Å²) in [5, 5.41) is 2.94. The fourth-order valence-electron chi connectivity index (χ4n) is 2.28. The van der Waals surface area contributed by atoms with Crippen LogP contribution in [0.5, 0.6) is 0 Å². The zero-order chi connectivity index (χ0) is 15.9. The first-order valence-electron chi connectivity index (χ1n) is 7.72. The largest absolute Gasteiger partial charge is 0.350 e. The van der Waals surface area contributed by atoms with Crippen LogP contribution in [0.25, 0.3) is 0 Å². The molecular weight excluding hydrogens is 298 g/mol. The second-order valence-corrected chi connectivity index (χ2v) is 6.00. The van der Waals surface area contributed by atoms with Gasteiger partial charge in [0.15, 0.2) is 0 Å². The number of nitrogens with two attached hydrogens (primary N) is 1. The average molecular weight is 328 g/mol. The highest BCUT2D eigenvalue weighted by Gasteiger charge is 2.26. The topological polar surface area (TPSA) is 58.4 Å². The Bertz CT molecular complexity index is 463. The van der Waals surface area contributed by atoms with Crippen molar-refractivity contribution in [3.8, 4) is 0 Å². The third kappa shape index (κ3) is 6.77. The summed E-state index contributed by atoms with van der Waals surface area (Å²) in [6.07, 6.45) is 1.60. The van der Waals surface area contributed by atoms with Gasteiger partial charge in [0.25, 0.3) is 0 Å². The van der Waals surface area contributed by atoms with E-state index in [1.807, 2.05) is 19.1 Å². The lowest BCUT2D eigenvalue weighted by molar-refractivity contribution is -0.126. The number of amides is 1. The first-order chi connectivity index (χ1) is 9.89. The Hall–Kier alpha value is -1.10. The minimum absolute atomic E-state index is 0. The Balaban J connectivity index is 0.00000441. The van der Waals surface area contributed by atoms with Crippen LogP contribution in [0.3, 0.4) is 0 Å². The van der Waals surface area contributed by atoms with Crippen molar-refractivity contribution in [1.82, 2.24) is 10.2 Å². The van der Waals surface area contributed by atoms with Crippen molar-refractivity contribution in [1.29, 1.82) is 0 Å². The molecule has 3 N–H and O–H groups in total. The van der Waals surface area contributed by atoms with E-state index < -0.39 is 5.54 Å². The maximum Gasteiger partial charge on any atom is 0.240 e. The second-order valence-electron chi connectivity index (χ2n) is 6.00.